The van der Waals surface area contributed by atoms with Crippen molar-refractivity contribution in [3.8, 4) is 5.75 Å². The van der Waals surface area contributed by atoms with E-state index in [1.54, 1.807) is 0 Å². The fourth-order valence-corrected chi connectivity index (χ4v) is 3.04. The Kier molecular flexibility index (Phi) is 2.80. The molecular weight excluding hydrogens is 253 g/mol. The molecule has 0 unspecified atom stereocenters. The lowest BCUT2D eigenvalue weighted by atomic mass is 9.86. The van der Waals surface area contributed by atoms with Crippen LogP contribution < -0.4 is 4.74 Å². The van der Waals surface area contributed by atoms with Gasteiger partial charge in [0.05, 0.1) is 12.2 Å². The van der Waals surface area contributed by atoms with E-state index in [0.717, 1.165) is 36.8 Å². The van der Waals surface area contributed by atoms with Crippen molar-refractivity contribution in [2.24, 2.45) is 0 Å². The fourth-order valence-electron chi connectivity index (χ4n) is 3.04. The van der Waals surface area contributed by atoms with Gasteiger partial charge in [-0.2, -0.15) is 13.2 Å². The lowest BCUT2D eigenvalue weighted by Crippen LogP contribution is -2.23. The van der Waals surface area contributed by atoms with Crippen LogP contribution in [-0.2, 0) is 18.0 Å². The van der Waals surface area contributed by atoms with E-state index in [1.165, 1.54) is 6.07 Å². The Balaban J connectivity index is 2.16. The van der Waals surface area contributed by atoms with Gasteiger partial charge < -0.3 is 4.74 Å². The predicted octanol–water partition coefficient (Wildman–Crippen LogP) is 4.47. The molecule has 0 amide bonds. The Bertz CT molecular complexity index is 484. The van der Waals surface area contributed by atoms with Crippen molar-refractivity contribution >= 4 is 0 Å². The molecule has 1 aromatic rings. The monoisotopic (exact) mass is 270 g/mol. The van der Waals surface area contributed by atoms with Gasteiger partial charge in [0.25, 0.3) is 0 Å². The molecule has 1 spiro atoms. The van der Waals surface area contributed by atoms with Gasteiger partial charge in [0.15, 0.2) is 0 Å². The Morgan fingerprint density at radius 1 is 1.21 bits per heavy atom. The molecule has 1 aliphatic heterocycles. The summed E-state index contributed by atoms with van der Waals surface area (Å²) >= 11 is 0. The van der Waals surface area contributed by atoms with E-state index in [2.05, 4.69) is 0 Å². The van der Waals surface area contributed by atoms with Crippen LogP contribution in [0.4, 0.5) is 13.2 Å². The summed E-state index contributed by atoms with van der Waals surface area (Å²) in [5.74, 6) is 0.0936. The highest BCUT2D eigenvalue weighted by molar-refractivity contribution is 5.53. The van der Waals surface area contributed by atoms with E-state index in [0.29, 0.717) is 13.0 Å². The molecule has 4 heteroatoms. The standard InChI is InChI=1S/C15H17F3O/c1-2-3-10-8-11-13(12(9-10)15(16,17)18)19-7-6-14(11)4-5-14/h8-9H,2-7H2,1H3. The number of halogens is 3. The number of ether oxygens (including phenoxy) is 1. The number of aryl methyl sites for hydroxylation is 1. The molecule has 2 aliphatic rings. The first-order chi connectivity index (χ1) is 8.96. The Morgan fingerprint density at radius 3 is 2.53 bits per heavy atom. The van der Waals surface area contributed by atoms with E-state index in [-0.39, 0.29) is 11.2 Å². The van der Waals surface area contributed by atoms with E-state index < -0.39 is 11.7 Å². The van der Waals surface area contributed by atoms with Gasteiger partial charge in [0.2, 0.25) is 0 Å². The summed E-state index contributed by atoms with van der Waals surface area (Å²) in [5.41, 5.74) is 0.985. The van der Waals surface area contributed by atoms with Crippen LogP contribution in [0.5, 0.6) is 5.75 Å². The third kappa shape index (κ3) is 2.11. The number of alkyl halides is 3. The van der Waals surface area contributed by atoms with Crippen LogP contribution in [0.2, 0.25) is 0 Å². The predicted molar refractivity (Wildman–Crippen MR) is 66.5 cm³/mol. The molecule has 3 rings (SSSR count). The minimum absolute atomic E-state index is 0.0165. The molecule has 19 heavy (non-hydrogen) atoms. The number of rotatable bonds is 2. The molecule has 0 N–H and O–H groups in total. The molecule has 1 fully saturated rings. The third-order valence-corrected chi connectivity index (χ3v) is 4.24. The van der Waals surface area contributed by atoms with Crippen molar-refractivity contribution in [2.75, 3.05) is 6.61 Å². The highest BCUT2D eigenvalue weighted by atomic mass is 19.4. The minimum atomic E-state index is -4.33. The summed E-state index contributed by atoms with van der Waals surface area (Å²) in [7, 11) is 0. The van der Waals surface area contributed by atoms with Crippen LogP contribution in [0.15, 0.2) is 12.1 Å². The summed E-state index contributed by atoms with van der Waals surface area (Å²) < 4.78 is 44.9. The maximum absolute atomic E-state index is 13.2. The second-order valence-electron chi connectivity index (χ2n) is 5.65. The smallest absolute Gasteiger partial charge is 0.419 e. The lowest BCUT2D eigenvalue weighted by molar-refractivity contribution is -0.139. The fraction of sp³-hybridized carbons (Fsp3) is 0.600. The van der Waals surface area contributed by atoms with Crippen molar-refractivity contribution < 1.29 is 17.9 Å². The molecule has 1 saturated carbocycles. The minimum Gasteiger partial charge on any atom is -0.493 e. The van der Waals surface area contributed by atoms with Crippen molar-refractivity contribution in [1.82, 2.24) is 0 Å². The van der Waals surface area contributed by atoms with Crippen LogP contribution in [0.1, 0.15) is 49.3 Å². The number of hydrogen-bond acceptors (Lipinski definition) is 1. The lowest BCUT2D eigenvalue weighted by Gasteiger charge is -2.29. The first-order valence-corrected chi connectivity index (χ1v) is 6.84. The van der Waals surface area contributed by atoms with Crippen molar-refractivity contribution in [1.29, 1.82) is 0 Å². The SMILES string of the molecule is CCCc1cc(C(F)(F)F)c2c(c1)C1(CCO2)CC1. The van der Waals surface area contributed by atoms with Gasteiger partial charge in [0.1, 0.15) is 5.75 Å². The molecule has 1 aromatic carbocycles. The molecule has 0 saturated heterocycles. The summed E-state index contributed by atoms with van der Waals surface area (Å²) in [4.78, 5) is 0. The second-order valence-corrected chi connectivity index (χ2v) is 5.65. The Labute approximate surface area is 110 Å². The molecule has 1 aliphatic carbocycles. The zero-order valence-corrected chi connectivity index (χ0v) is 10.9. The molecule has 0 bridgehead atoms. The van der Waals surface area contributed by atoms with Crippen LogP contribution in [0, 0.1) is 0 Å². The normalized spacial score (nSPS) is 20.0. The highest BCUT2D eigenvalue weighted by Crippen LogP contribution is 2.58. The molecule has 0 atom stereocenters. The van der Waals surface area contributed by atoms with E-state index in [9.17, 15) is 13.2 Å². The van der Waals surface area contributed by atoms with Gasteiger partial charge in [-0.05, 0) is 37.3 Å². The van der Waals surface area contributed by atoms with E-state index in [4.69, 9.17) is 4.74 Å². The second kappa shape index (κ2) is 4.15. The van der Waals surface area contributed by atoms with Crippen molar-refractivity contribution in [3.05, 3.63) is 28.8 Å². The molecular formula is C15H17F3O. The molecule has 1 heterocycles. The highest BCUT2D eigenvalue weighted by Gasteiger charge is 2.50. The average Bonchev–Trinajstić information content (AvgIpc) is 3.09. The quantitative estimate of drug-likeness (QED) is 0.770. The van der Waals surface area contributed by atoms with Gasteiger partial charge >= 0.3 is 6.18 Å². The van der Waals surface area contributed by atoms with Crippen molar-refractivity contribution in [3.63, 3.8) is 0 Å². The first-order valence-electron chi connectivity index (χ1n) is 6.84. The molecule has 0 aromatic heterocycles. The van der Waals surface area contributed by atoms with E-state index >= 15 is 0 Å². The van der Waals surface area contributed by atoms with E-state index in [1.807, 2.05) is 13.0 Å². The largest absolute Gasteiger partial charge is 0.493 e. The zero-order chi connectivity index (χ0) is 13.7. The zero-order valence-electron chi connectivity index (χ0n) is 10.9. The average molecular weight is 270 g/mol. The summed E-state index contributed by atoms with van der Waals surface area (Å²) in [5, 5.41) is 0. The molecule has 0 radical (unpaired) electrons. The maximum atomic E-state index is 13.2. The molecule has 104 valence electrons. The number of fused-ring (bicyclic) bond motifs is 2. The van der Waals surface area contributed by atoms with Gasteiger partial charge in [-0.1, -0.05) is 19.4 Å². The van der Waals surface area contributed by atoms with Crippen LogP contribution in [0.3, 0.4) is 0 Å². The summed E-state index contributed by atoms with van der Waals surface area (Å²) in [6.45, 7) is 2.39. The molecule has 1 nitrogen and oxygen atoms in total. The van der Waals surface area contributed by atoms with Gasteiger partial charge in [-0.3, -0.25) is 0 Å². The van der Waals surface area contributed by atoms with Gasteiger partial charge in [0, 0.05) is 11.0 Å². The topological polar surface area (TPSA) is 9.23 Å². The van der Waals surface area contributed by atoms with Crippen LogP contribution in [-0.4, -0.2) is 6.61 Å². The summed E-state index contributed by atoms with van der Waals surface area (Å²) in [6.07, 6.45) is 0.0526. The number of hydrogen-bond donors (Lipinski definition) is 0. The maximum Gasteiger partial charge on any atom is 0.419 e. The van der Waals surface area contributed by atoms with Crippen molar-refractivity contribution in [2.45, 2.75) is 50.6 Å². The van der Waals surface area contributed by atoms with Gasteiger partial charge in [-0.25, -0.2) is 0 Å². The first kappa shape index (κ1) is 12.8. The van der Waals surface area contributed by atoms with Gasteiger partial charge in [-0.15, -0.1) is 0 Å². The summed E-state index contributed by atoms with van der Waals surface area (Å²) in [6, 6.07) is 3.21. The number of benzene rings is 1. The Hall–Kier alpha value is -1.19. The van der Waals surface area contributed by atoms with Crippen LogP contribution in [0.25, 0.3) is 0 Å². The third-order valence-electron chi connectivity index (χ3n) is 4.24. The van der Waals surface area contributed by atoms with Crippen LogP contribution >= 0.6 is 0 Å². The Morgan fingerprint density at radius 2 is 1.95 bits per heavy atom.